The first-order valence-electron chi connectivity index (χ1n) is 6.72. The summed E-state index contributed by atoms with van der Waals surface area (Å²) in [5, 5.41) is 3.18. The van der Waals surface area contributed by atoms with Crippen LogP contribution in [0.3, 0.4) is 0 Å². The lowest BCUT2D eigenvalue weighted by Gasteiger charge is -2.24. The van der Waals surface area contributed by atoms with Crippen LogP contribution in [0.2, 0.25) is 0 Å². The Morgan fingerprint density at radius 2 is 2.00 bits per heavy atom. The van der Waals surface area contributed by atoms with E-state index in [2.05, 4.69) is 17.2 Å². The van der Waals surface area contributed by atoms with Crippen molar-refractivity contribution in [3.63, 3.8) is 0 Å². The Bertz CT molecular complexity index is 440. The van der Waals surface area contributed by atoms with Crippen molar-refractivity contribution in [3.8, 4) is 0 Å². The lowest BCUT2D eigenvalue weighted by Crippen LogP contribution is -2.39. The van der Waals surface area contributed by atoms with Gasteiger partial charge in [-0.1, -0.05) is 13.0 Å². The number of nitrogens with zero attached hydrogens (tertiary/aromatic N) is 2. The molecule has 2 amide bonds. The van der Waals surface area contributed by atoms with Crippen molar-refractivity contribution in [1.82, 2.24) is 9.88 Å². The molecule has 5 heteroatoms. The van der Waals surface area contributed by atoms with E-state index in [1.807, 2.05) is 12.1 Å². The van der Waals surface area contributed by atoms with Crippen molar-refractivity contribution in [2.24, 2.45) is 0 Å². The molecule has 102 valence electrons. The molecule has 0 bridgehead atoms. The number of carbonyl (C=O) groups is 2. The van der Waals surface area contributed by atoms with Gasteiger partial charge < -0.3 is 5.32 Å². The fourth-order valence-corrected chi connectivity index (χ4v) is 2.03. The third-order valence-electron chi connectivity index (χ3n) is 3.10. The SMILES string of the molecule is CCCNc1ccc(CN2C(=O)CCCC2=O)cn1. The van der Waals surface area contributed by atoms with Crippen LogP contribution in [0.4, 0.5) is 5.82 Å². The Morgan fingerprint density at radius 1 is 1.26 bits per heavy atom. The number of hydrogen-bond acceptors (Lipinski definition) is 4. The van der Waals surface area contributed by atoms with E-state index in [0.29, 0.717) is 25.8 Å². The molecule has 0 radical (unpaired) electrons. The van der Waals surface area contributed by atoms with Crippen molar-refractivity contribution in [1.29, 1.82) is 0 Å². The summed E-state index contributed by atoms with van der Waals surface area (Å²) < 4.78 is 0. The van der Waals surface area contributed by atoms with E-state index in [4.69, 9.17) is 0 Å². The molecule has 1 saturated heterocycles. The second-order valence-electron chi connectivity index (χ2n) is 4.71. The quantitative estimate of drug-likeness (QED) is 0.823. The maximum absolute atomic E-state index is 11.7. The van der Waals surface area contributed by atoms with Crippen LogP contribution in [0.1, 0.15) is 38.2 Å². The molecular weight excluding hydrogens is 242 g/mol. The smallest absolute Gasteiger partial charge is 0.229 e. The molecule has 0 saturated carbocycles. The first kappa shape index (κ1) is 13.5. The van der Waals surface area contributed by atoms with E-state index in [1.54, 1.807) is 6.20 Å². The third kappa shape index (κ3) is 3.53. The van der Waals surface area contributed by atoms with E-state index in [0.717, 1.165) is 24.3 Å². The van der Waals surface area contributed by atoms with Crippen molar-refractivity contribution in [3.05, 3.63) is 23.9 Å². The normalized spacial score (nSPS) is 15.7. The molecule has 0 unspecified atom stereocenters. The molecule has 5 nitrogen and oxygen atoms in total. The van der Waals surface area contributed by atoms with E-state index in [1.165, 1.54) is 4.90 Å². The van der Waals surface area contributed by atoms with Crippen molar-refractivity contribution >= 4 is 17.6 Å². The van der Waals surface area contributed by atoms with Crippen LogP contribution in [0.15, 0.2) is 18.3 Å². The van der Waals surface area contributed by atoms with Crippen LogP contribution in [0.25, 0.3) is 0 Å². The largest absolute Gasteiger partial charge is 0.370 e. The fourth-order valence-electron chi connectivity index (χ4n) is 2.03. The molecule has 0 aliphatic carbocycles. The maximum Gasteiger partial charge on any atom is 0.229 e. The second kappa shape index (κ2) is 6.31. The van der Waals surface area contributed by atoms with Crippen LogP contribution in [-0.2, 0) is 16.1 Å². The monoisotopic (exact) mass is 261 g/mol. The Balaban J connectivity index is 1.98. The standard InChI is InChI=1S/C14H19N3O2/c1-2-8-15-12-7-6-11(9-16-12)10-17-13(18)4-3-5-14(17)19/h6-7,9H,2-5,8,10H2,1H3,(H,15,16). The Kier molecular flexibility index (Phi) is 4.49. The summed E-state index contributed by atoms with van der Waals surface area (Å²) in [7, 11) is 0. The topological polar surface area (TPSA) is 62.3 Å². The highest BCUT2D eigenvalue weighted by atomic mass is 16.2. The first-order chi connectivity index (χ1) is 9.20. The van der Waals surface area contributed by atoms with Gasteiger partial charge in [-0.3, -0.25) is 14.5 Å². The lowest BCUT2D eigenvalue weighted by molar-refractivity contribution is -0.148. The number of imide groups is 1. The molecule has 1 aromatic heterocycles. The summed E-state index contributed by atoms with van der Waals surface area (Å²) in [5.74, 6) is 0.663. The number of carbonyl (C=O) groups excluding carboxylic acids is 2. The highest BCUT2D eigenvalue weighted by molar-refractivity contribution is 5.97. The summed E-state index contributed by atoms with van der Waals surface area (Å²) in [6.45, 7) is 3.31. The molecule has 1 fully saturated rings. The van der Waals surface area contributed by atoms with Gasteiger partial charge in [-0.05, 0) is 24.5 Å². The number of piperidine rings is 1. The summed E-state index contributed by atoms with van der Waals surface area (Å²) in [6.07, 6.45) is 4.37. The molecular formula is C14H19N3O2. The molecule has 19 heavy (non-hydrogen) atoms. The number of amides is 2. The summed E-state index contributed by atoms with van der Waals surface area (Å²) in [6, 6.07) is 3.78. The van der Waals surface area contributed by atoms with Gasteiger partial charge in [0.05, 0.1) is 6.54 Å². The highest BCUT2D eigenvalue weighted by Crippen LogP contribution is 2.16. The van der Waals surface area contributed by atoms with Gasteiger partial charge in [-0.25, -0.2) is 4.98 Å². The predicted molar refractivity (Wildman–Crippen MR) is 72.4 cm³/mol. The molecule has 1 N–H and O–H groups in total. The average Bonchev–Trinajstić information content (AvgIpc) is 2.42. The molecule has 2 rings (SSSR count). The van der Waals surface area contributed by atoms with Gasteiger partial charge in [0.25, 0.3) is 0 Å². The fraction of sp³-hybridized carbons (Fsp3) is 0.500. The zero-order valence-electron chi connectivity index (χ0n) is 11.2. The van der Waals surface area contributed by atoms with Gasteiger partial charge in [0.2, 0.25) is 11.8 Å². The third-order valence-corrected chi connectivity index (χ3v) is 3.10. The molecule has 1 aromatic rings. The van der Waals surface area contributed by atoms with E-state index >= 15 is 0 Å². The number of rotatable bonds is 5. The maximum atomic E-state index is 11.7. The van der Waals surface area contributed by atoms with Gasteiger partial charge in [-0.2, -0.15) is 0 Å². The Morgan fingerprint density at radius 3 is 2.58 bits per heavy atom. The van der Waals surface area contributed by atoms with Crippen molar-refractivity contribution < 1.29 is 9.59 Å². The number of hydrogen-bond donors (Lipinski definition) is 1. The van der Waals surface area contributed by atoms with Crippen LogP contribution < -0.4 is 5.32 Å². The van der Waals surface area contributed by atoms with E-state index in [9.17, 15) is 9.59 Å². The number of anilines is 1. The lowest BCUT2D eigenvalue weighted by atomic mass is 10.1. The summed E-state index contributed by atoms with van der Waals surface area (Å²) in [5.41, 5.74) is 0.880. The van der Waals surface area contributed by atoms with E-state index in [-0.39, 0.29) is 11.8 Å². The van der Waals surface area contributed by atoms with E-state index < -0.39 is 0 Å². The zero-order valence-corrected chi connectivity index (χ0v) is 11.2. The number of likely N-dealkylation sites (tertiary alicyclic amines) is 1. The predicted octanol–water partition coefficient (Wildman–Crippen LogP) is 1.94. The minimum Gasteiger partial charge on any atom is -0.370 e. The second-order valence-corrected chi connectivity index (χ2v) is 4.71. The van der Waals surface area contributed by atoms with Gasteiger partial charge in [-0.15, -0.1) is 0 Å². The van der Waals surface area contributed by atoms with Crippen LogP contribution in [-0.4, -0.2) is 28.2 Å². The Hall–Kier alpha value is -1.91. The number of pyridine rings is 1. The van der Waals surface area contributed by atoms with Gasteiger partial charge in [0.15, 0.2) is 0 Å². The van der Waals surface area contributed by atoms with Crippen molar-refractivity contribution in [2.75, 3.05) is 11.9 Å². The minimum absolute atomic E-state index is 0.0792. The zero-order chi connectivity index (χ0) is 13.7. The Labute approximate surface area is 113 Å². The highest BCUT2D eigenvalue weighted by Gasteiger charge is 2.25. The van der Waals surface area contributed by atoms with Gasteiger partial charge in [0, 0.05) is 25.6 Å². The molecule has 0 atom stereocenters. The molecule has 1 aliphatic rings. The molecule has 1 aliphatic heterocycles. The summed E-state index contributed by atoms with van der Waals surface area (Å²) >= 11 is 0. The van der Waals surface area contributed by atoms with Crippen molar-refractivity contribution in [2.45, 2.75) is 39.2 Å². The minimum atomic E-state index is -0.0792. The van der Waals surface area contributed by atoms with Gasteiger partial charge >= 0.3 is 0 Å². The average molecular weight is 261 g/mol. The van der Waals surface area contributed by atoms with Crippen LogP contribution >= 0.6 is 0 Å². The molecule has 0 spiro atoms. The summed E-state index contributed by atoms with van der Waals surface area (Å²) in [4.78, 5) is 29.0. The number of nitrogens with one attached hydrogen (secondary N) is 1. The van der Waals surface area contributed by atoms with Crippen LogP contribution in [0.5, 0.6) is 0 Å². The van der Waals surface area contributed by atoms with Crippen LogP contribution in [0, 0.1) is 0 Å². The van der Waals surface area contributed by atoms with Gasteiger partial charge in [0.1, 0.15) is 5.82 Å². The molecule has 2 heterocycles. The number of aromatic nitrogens is 1. The molecule has 0 aromatic carbocycles. The first-order valence-corrected chi connectivity index (χ1v) is 6.72.